The van der Waals surface area contributed by atoms with E-state index in [-0.39, 0.29) is 6.04 Å². The van der Waals surface area contributed by atoms with Gasteiger partial charge >= 0.3 is 0 Å². The van der Waals surface area contributed by atoms with Crippen LogP contribution in [0.5, 0.6) is 0 Å². The Morgan fingerprint density at radius 2 is 2.17 bits per heavy atom. The van der Waals surface area contributed by atoms with Crippen molar-refractivity contribution in [2.45, 2.75) is 13.0 Å². The smallest absolute Gasteiger partial charge is 0.0456 e. The van der Waals surface area contributed by atoms with E-state index in [0.29, 0.717) is 11.6 Å². The Bertz CT molecular complexity index is 253. The summed E-state index contributed by atoms with van der Waals surface area (Å²) >= 11 is 5.97. The molecular weight excluding hydrogens is 172 g/mol. The Labute approximate surface area is 77.5 Å². The van der Waals surface area contributed by atoms with Gasteiger partial charge in [-0.2, -0.15) is 0 Å². The zero-order valence-corrected chi connectivity index (χ0v) is 7.81. The van der Waals surface area contributed by atoms with Gasteiger partial charge in [0, 0.05) is 17.6 Å². The van der Waals surface area contributed by atoms with Gasteiger partial charge in [0.2, 0.25) is 0 Å². The van der Waals surface area contributed by atoms with Crippen molar-refractivity contribution < 1.29 is 0 Å². The third-order valence-corrected chi connectivity index (χ3v) is 2.23. The minimum Gasteiger partial charge on any atom is -0.329 e. The first kappa shape index (κ1) is 9.52. The summed E-state index contributed by atoms with van der Waals surface area (Å²) in [6.45, 7) is 2.40. The number of nitrogens with two attached hydrogens (primary N) is 2. The number of halogens is 1. The molecule has 0 aliphatic heterocycles. The van der Waals surface area contributed by atoms with Crippen LogP contribution in [0, 0.1) is 6.92 Å². The number of hydrogen-bond donors (Lipinski definition) is 2. The monoisotopic (exact) mass is 184 g/mol. The fraction of sp³-hybridized carbons (Fsp3) is 0.333. The molecule has 3 heteroatoms. The Kier molecular flexibility index (Phi) is 3.09. The summed E-state index contributed by atoms with van der Waals surface area (Å²) in [5.41, 5.74) is 13.3. The third-order valence-electron chi connectivity index (χ3n) is 1.90. The maximum atomic E-state index is 5.97. The van der Waals surface area contributed by atoms with E-state index < -0.39 is 0 Å². The summed E-state index contributed by atoms with van der Waals surface area (Å²) in [4.78, 5) is 0. The lowest BCUT2D eigenvalue weighted by molar-refractivity contribution is 0.732. The molecule has 1 aromatic rings. The van der Waals surface area contributed by atoms with Gasteiger partial charge in [-0.15, -0.1) is 0 Å². The lowest BCUT2D eigenvalue weighted by Crippen LogP contribution is -2.21. The average Bonchev–Trinajstić information content (AvgIpc) is 2.03. The van der Waals surface area contributed by atoms with Crippen molar-refractivity contribution in [3.05, 3.63) is 34.3 Å². The number of benzene rings is 1. The summed E-state index contributed by atoms with van der Waals surface area (Å²) in [6, 6.07) is 5.57. The van der Waals surface area contributed by atoms with E-state index in [1.54, 1.807) is 0 Å². The van der Waals surface area contributed by atoms with Gasteiger partial charge in [-0.3, -0.25) is 0 Å². The molecule has 0 saturated carbocycles. The topological polar surface area (TPSA) is 52.0 Å². The van der Waals surface area contributed by atoms with Gasteiger partial charge in [-0.05, 0) is 24.1 Å². The predicted molar refractivity (Wildman–Crippen MR) is 52.2 cm³/mol. The van der Waals surface area contributed by atoms with Crippen LogP contribution in [-0.4, -0.2) is 6.54 Å². The lowest BCUT2D eigenvalue weighted by atomic mass is 10.0. The lowest BCUT2D eigenvalue weighted by Gasteiger charge is -2.13. The van der Waals surface area contributed by atoms with Crippen LogP contribution in [0.3, 0.4) is 0 Å². The number of rotatable bonds is 2. The number of hydrogen-bond acceptors (Lipinski definition) is 2. The summed E-state index contributed by atoms with van der Waals surface area (Å²) in [7, 11) is 0. The van der Waals surface area contributed by atoms with E-state index in [9.17, 15) is 0 Å². The summed E-state index contributed by atoms with van der Waals surface area (Å²) in [5, 5.41) is 0.702. The van der Waals surface area contributed by atoms with E-state index in [0.717, 1.165) is 11.1 Å². The van der Waals surface area contributed by atoms with Crippen molar-refractivity contribution in [2.24, 2.45) is 11.5 Å². The van der Waals surface area contributed by atoms with Crippen molar-refractivity contribution in [3.63, 3.8) is 0 Å². The molecule has 0 unspecified atom stereocenters. The van der Waals surface area contributed by atoms with E-state index >= 15 is 0 Å². The first-order chi connectivity index (χ1) is 5.66. The van der Waals surface area contributed by atoms with Gasteiger partial charge in [0.1, 0.15) is 0 Å². The molecule has 0 fully saturated rings. The molecule has 12 heavy (non-hydrogen) atoms. The van der Waals surface area contributed by atoms with Gasteiger partial charge in [-0.1, -0.05) is 23.7 Å². The van der Waals surface area contributed by atoms with Crippen LogP contribution in [0.1, 0.15) is 17.2 Å². The standard InChI is InChI=1S/C9H13ClN2/c1-6-3-2-4-7(10)9(6)8(12)5-11/h2-4,8H,5,11-12H2,1H3/t8-/m1/s1. The molecule has 1 atom stereocenters. The summed E-state index contributed by atoms with van der Waals surface area (Å²) in [6.07, 6.45) is 0. The van der Waals surface area contributed by atoms with Gasteiger partial charge in [0.25, 0.3) is 0 Å². The first-order valence-electron chi connectivity index (χ1n) is 3.87. The second-order valence-corrected chi connectivity index (χ2v) is 3.22. The molecule has 0 amide bonds. The van der Waals surface area contributed by atoms with E-state index in [1.165, 1.54) is 0 Å². The maximum absolute atomic E-state index is 5.97. The van der Waals surface area contributed by atoms with Gasteiger partial charge in [0.05, 0.1) is 0 Å². The van der Waals surface area contributed by atoms with Gasteiger partial charge < -0.3 is 11.5 Å². The predicted octanol–water partition coefficient (Wildman–Crippen LogP) is 1.61. The van der Waals surface area contributed by atoms with E-state index in [2.05, 4.69) is 0 Å². The highest BCUT2D eigenvalue weighted by atomic mass is 35.5. The summed E-state index contributed by atoms with van der Waals surface area (Å²) < 4.78 is 0. The van der Waals surface area contributed by atoms with Gasteiger partial charge in [-0.25, -0.2) is 0 Å². The van der Waals surface area contributed by atoms with Crippen LogP contribution in [-0.2, 0) is 0 Å². The van der Waals surface area contributed by atoms with Crippen molar-refractivity contribution >= 4 is 11.6 Å². The van der Waals surface area contributed by atoms with Crippen molar-refractivity contribution in [2.75, 3.05) is 6.54 Å². The molecule has 0 heterocycles. The third kappa shape index (κ3) is 1.78. The Hall–Kier alpha value is -0.570. The summed E-state index contributed by atoms with van der Waals surface area (Å²) in [5.74, 6) is 0. The second-order valence-electron chi connectivity index (χ2n) is 2.81. The van der Waals surface area contributed by atoms with Crippen molar-refractivity contribution in [1.29, 1.82) is 0 Å². The molecule has 66 valence electrons. The maximum Gasteiger partial charge on any atom is 0.0456 e. The molecular formula is C9H13ClN2. The largest absolute Gasteiger partial charge is 0.329 e. The molecule has 1 rings (SSSR count). The van der Waals surface area contributed by atoms with Crippen LogP contribution < -0.4 is 11.5 Å². The minimum atomic E-state index is -0.154. The molecule has 0 spiro atoms. The second kappa shape index (κ2) is 3.90. The van der Waals surface area contributed by atoms with Crippen molar-refractivity contribution in [3.8, 4) is 0 Å². The quantitative estimate of drug-likeness (QED) is 0.734. The van der Waals surface area contributed by atoms with E-state index in [4.69, 9.17) is 23.1 Å². The Morgan fingerprint density at radius 1 is 1.50 bits per heavy atom. The minimum absolute atomic E-state index is 0.154. The van der Waals surface area contributed by atoms with Crippen LogP contribution >= 0.6 is 11.6 Å². The van der Waals surface area contributed by atoms with Crippen LogP contribution in [0.2, 0.25) is 5.02 Å². The average molecular weight is 185 g/mol. The van der Waals surface area contributed by atoms with Crippen molar-refractivity contribution in [1.82, 2.24) is 0 Å². The Morgan fingerprint density at radius 3 is 2.67 bits per heavy atom. The molecule has 0 aromatic heterocycles. The Balaban J connectivity index is 3.12. The molecule has 0 saturated heterocycles. The fourth-order valence-electron chi connectivity index (χ4n) is 1.23. The normalized spacial score (nSPS) is 13.0. The van der Waals surface area contributed by atoms with Crippen LogP contribution in [0.15, 0.2) is 18.2 Å². The molecule has 0 radical (unpaired) electrons. The zero-order valence-electron chi connectivity index (χ0n) is 7.05. The van der Waals surface area contributed by atoms with E-state index in [1.807, 2.05) is 25.1 Å². The van der Waals surface area contributed by atoms with Gasteiger partial charge in [0.15, 0.2) is 0 Å². The molecule has 0 bridgehead atoms. The highest BCUT2D eigenvalue weighted by Crippen LogP contribution is 2.23. The van der Waals surface area contributed by atoms with Crippen LogP contribution in [0.25, 0.3) is 0 Å². The molecule has 0 aliphatic rings. The highest BCUT2D eigenvalue weighted by molar-refractivity contribution is 6.31. The van der Waals surface area contributed by atoms with Crippen LogP contribution in [0.4, 0.5) is 0 Å². The molecule has 4 N–H and O–H groups in total. The molecule has 2 nitrogen and oxygen atoms in total. The highest BCUT2D eigenvalue weighted by Gasteiger charge is 2.10. The fourth-order valence-corrected chi connectivity index (χ4v) is 1.59. The molecule has 1 aromatic carbocycles. The SMILES string of the molecule is Cc1cccc(Cl)c1[C@H](N)CN. The molecule has 0 aliphatic carbocycles. The number of aryl methyl sites for hydroxylation is 1. The first-order valence-corrected chi connectivity index (χ1v) is 4.25. The zero-order chi connectivity index (χ0) is 9.14.